The number of hydrogen-bond donors (Lipinski definition) is 0. The van der Waals surface area contributed by atoms with E-state index in [1.54, 1.807) is 13.8 Å². The fraction of sp³-hybridized carbons (Fsp3) is 0.333. The lowest BCUT2D eigenvalue weighted by atomic mass is 9.88. The van der Waals surface area contributed by atoms with Crippen LogP contribution in [-0.2, 0) is 10.7 Å². The molecule has 0 atom stereocenters. The van der Waals surface area contributed by atoms with Gasteiger partial charge in [0, 0.05) is 30.4 Å². The number of hydrogen-bond acceptors (Lipinski definition) is 3. The van der Waals surface area contributed by atoms with Gasteiger partial charge < -0.3 is 9.64 Å². The molecule has 10 heteroatoms. The number of halogens is 5. The summed E-state index contributed by atoms with van der Waals surface area (Å²) in [6.45, 7) is 4.28. The van der Waals surface area contributed by atoms with Crippen LogP contribution in [-0.4, -0.2) is 34.7 Å². The van der Waals surface area contributed by atoms with Crippen molar-refractivity contribution < 1.29 is 31.5 Å². The molecule has 1 aromatic carbocycles. The number of nitrogens with zero attached hydrogens (tertiary/aromatic N) is 2. The Morgan fingerprint density at radius 2 is 1.74 bits per heavy atom. The zero-order valence-electron chi connectivity index (χ0n) is 17.1. The van der Waals surface area contributed by atoms with Gasteiger partial charge in [-0.3, -0.25) is 14.2 Å². The molecule has 1 aromatic heterocycles. The summed E-state index contributed by atoms with van der Waals surface area (Å²) in [6.07, 6.45) is -4.05. The van der Waals surface area contributed by atoms with Crippen molar-refractivity contribution in [2.45, 2.75) is 38.5 Å². The first kappa shape index (κ1) is 22.5. The molecule has 0 radical (unpaired) electrons. The van der Waals surface area contributed by atoms with Crippen LogP contribution in [0.4, 0.5) is 22.0 Å². The number of rotatable bonds is 4. The Bertz CT molecular complexity index is 1130. The summed E-state index contributed by atoms with van der Waals surface area (Å²) in [7, 11) is 1.37. The first-order chi connectivity index (χ1) is 14.2. The van der Waals surface area contributed by atoms with Crippen LogP contribution in [0.5, 0.6) is 5.75 Å². The molecule has 166 valence electrons. The smallest absolute Gasteiger partial charge is 0.458 e. The Morgan fingerprint density at radius 3 is 2.29 bits per heavy atom. The van der Waals surface area contributed by atoms with Crippen LogP contribution < -0.4 is 10.3 Å². The Kier molecular flexibility index (Phi) is 5.24. The minimum atomic E-state index is -5.82. The van der Waals surface area contributed by atoms with Crippen LogP contribution in [0.3, 0.4) is 0 Å². The Labute approximate surface area is 174 Å². The number of aromatic nitrogens is 1. The normalized spacial score (nSPS) is 15.9. The molecule has 1 amide bonds. The molecule has 0 aliphatic carbocycles. The van der Waals surface area contributed by atoms with Crippen molar-refractivity contribution in [3.8, 4) is 5.75 Å². The topological polar surface area (TPSA) is 51.5 Å². The number of ether oxygens (including phenoxy) is 1. The van der Waals surface area contributed by atoms with Crippen LogP contribution >= 0.6 is 0 Å². The predicted octanol–water partition coefficient (Wildman–Crippen LogP) is 4.29. The van der Waals surface area contributed by atoms with Gasteiger partial charge in [-0.25, -0.2) is 0 Å². The first-order valence-electron chi connectivity index (χ1n) is 9.13. The van der Waals surface area contributed by atoms with E-state index >= 15 is 0 Å². The van der Waals surface area contributed by atoms with E-state index in [4.69, 9.17) is 4.74 Å². The molecule has 0 spiro atoms. The third-order valence-electron chi connectivity index (χ3n) is 5.09. The number of carbonyl (C=O) groups excluding carboxylic acids is 1. The average molecular weight is 442 g/mol. The van der Waals surface area contributed by atoms with Crippen molar-refractivity contribution in [3.63, 3.8) is 0 Å². The molecule has 5 nitrogen and oxygen atoms in total. The van der Waals surface area contributed by atoms with Crippen LogP contribution in [0.25, 0.3) is 5.70 Å². The third-order valence-corrected chi connectivity index (χ3v) is 5.09. The maximum Gasteiger partial charge on any atom is 0.458 e. The molecule has 2 heterocycles. The van der Waals surface area contributed by atoms with E-state index in [-0.39, 0.29) is 22.7 Å². The lowest BCUT2D eigenvalue weighted by Gasteiger charge is -2.40. The van der Waals surface area contributed by atoms with E-state index in [0.29, 0.717) is 12.5 Å². The van der Waals surface area contributed by atoms with Crippen LogP contribution in [0, 0.1) is 6.92 Å². The average Bonchev–Trinajstić information content (AvgIpc) is 2.65. The van der Waals surface area contributed by atoms with Crippen molar-refractivity contribution in [2.75, 3.05) is 7.05 Å². The van der Waals surface area contributed by atoms with Crippen molar-refractivity contribution in [1.29, 1.82) is 0 Å². The zero-order chi connectivity index (χ0) is 23.4. The number of benzene rings is 1. The molecule has 3 rings (SSSR count). The predicted molar refractivity (Wildman–Crippen MR) is 103 cm³/mol. The van der Waals surface area contributed by atoms with E-state index in [9.17, 15) is 31.5 Å². The van der Waals surface area contributed by atoms with Gasteiger partial charge in [-0.05, 0) is 44.5 Å². The van der Waals surface area contributed by atoms with E-state index in [0.717, 1.165) is 22.5 Å². The van der Waals surface area contributed by atoms with E-state index in [2.05, 4.69) is 0 Å². The van der Waals surface area contributed by atoms with Crippen molar-refractivity contribution >= 4 is 12.1 Å². The van der Waals surface area contributed by atoms with Gasteiger partial charge in [-0.1, -0.05) is 6.07 Å². The van der Waals surface area contributed by atoms with Crippen LogP contribution in [0.1, 0.15) is 30.5 Å². The number of alkyl halides is 5. The summed E-state index contributed by atoms with van der Waals surface area (Å²) in [5, 5.41) is 0. The van der Waals surface area contributed by atoms with E-state index in [1.165, 1.54) is 31.4 Å². The molecule has 0 bridgehead atoms. The second-order valence-corrected chi connectivity index (χ2v) is 7.62. The van der Waals surface area contributed by atoms with E-state index in [1.807, 2.05) is 0 Å². The zero-order valence-corrected chi connectivity index (χ0v) is 17.1. The highest BCUT2D eigenvalue weighted by Crippen LogP contribution is 2.50. The quantitative estimate of drug-likeness (QED) is 0.525. The Balaban J connectivity index is 2.49. The van der Waals surface area contributed by atoms with Gasteiger partial charge in [0.05, 0.1) is 11.4 Å². The number of carbonyl (C=O) groups is 1. The molecule has 0 fully saturated rings. The number of pyridine rings is 1. The second-order valence-electron chi connectivity index (χ2n) is 7.62. The molecule has 0 saturated heterocycles. The minimum Gasteiger partial charge on any atom is -0.481 e. The van der Waals surface area contributed by atoms with Crippen molar-refractivity contribution in [1.82, 2.24) is 9.47 Å². The van der Waals surface area contributed by atoms with Gasteiger partial charge in [0.1, 0.15) is 11.4 Å². The number of fused-ring (bicyclic) bond motifs is 1. The van der Waals surface area contributed by atoms with Gasteiger partial charge in [-0.2, -0.15) is 22.0 Å². The SMILES string of the molecule is Cc1c(C(F)(F)C(F)(F)F)ccc2c1C(n1ccccc1=O)=C(N(C)C=O)C(C)(C)O2. The minimum absolute atomic E-state index is 0.0104. The van der Waals surface area contributed by atoms with Crippen LogP contribution in [0.15, 0.2) is 47.0 Å². The summed E-state index contributed by atoms with van der Waals surface area (Å²) in [5.41, 5.74) is -3.48. The van der Waals surface area contributed by atoms with Gasteiger partial charge in [-0.15, -0.1) is 0 Å². The summed E-state index contributed by atoms with van der Waals surface area (Å²) >= 11 is 0. The highest BCUT2D eigenvalue weighted by molar-refractivity contribution is 5.81. The lowest BCUT2D eigenvalue weighted by molar-refractivity contribution is -0.289. The van der Waals surface area contributed by atoms with Gasteiger partial charge in [0.25, 0.3) is 5.56 Å². The summed E-state index contributed by atoms with van der Waals surface area (Å²) in [5.74, 6) is -5.12. The standard InChI is InChI=1S/C21H19F5N2O3/c1-12-13(20(22,23)21(24,25)26)8-9-14-16(12)17(28-10-6-5-7-15(28)30)18(27(4)11-29)19(2,3)31-14/h5-11H,1-4H3. The molecule has 1 aliphatic rings. The van der Waals surface area contributed by atoms with Gasteiger partial charge in [0.15, 0.2) is 0 Å². The largest absolute Gasteiger partial charge is 0.481 e. The third kappa shape index (κ3) is 3.49. The first-order valence-corrected chi connectivity index (χ1v) is 9.13. The highest BCUT2D eigenvalue weighted by Gasteiger charge is 2.59. The summed E-state index contributed by atoms with van der Waals surface area (Å²) in [6, 6.07) is 5.84. The maximum absolute atomic E-state index is 14.3. The molecule has 0 N–H and O–H groups in total. The van der Waals surface area contributed by atoms with E-state index < -0.39 is 34.4 Å². The van der Waals surface area contributed by atoms with Crippen molar-refractivity contribution in [3.05, 3.63) is 69.3 Å². The Morgan fingerprint density at radius 1 is 1.10 bits per heavy atom. The molecule has 0 unspecified atom stereocenters. The number of likely N-dealkylation sites (N-methyl/N-ethyl adjacent to an activating group) is 1. The molecule has 31 heavy (non-hydrogen) atoms. The van der Waals surface area contributed by atoms with Gasteiger partial charge in [0.2, 0.25) is 6.41 Å². The summed E-state index contributed by atoms with van der Waals surface area (Å²) in [4.78, 5) is 25.3. The maximum atomic E-state index is 14.3. The van der Waals surface area contributed by atoms with Crippen LogP contribution in [0.2, 0.25) is 0 Å². The molecule has 2 aromatic rings. The monoisotopic (exact) mass is 442 g/mol. The molecular weight excluding hydrogens is 423 g/mol. The number of amides is 1. The molecule has 1 aliphatic heterocycles. The fourth-order valence-electron chi connectivity index (χ4n) is 3.78. The lowest BCUT2D eigenvalue weighted by Crippen LogP contribution is -2.44. The molecule has 0 saturated carbocycles. The second kappa shape index (κ2) is 7.21. The van der Waals surface area contributed by atoms with Gasteiger partial charge >= 0.3 is 12.1 Å². The Hall–Kier alpha value is -3.17. The summed E-state index contributed by atoms with van der Waals surface area (Å²) < 4.78 is 74.8. The highest BCUT2D eigenvalue weighted by atomic mass is 19.4. The molecular formula is C21H19F5N2O3. The van der Waals surface area contributed by atoms with Crippen molar-refractivity contribution in [2.24, 2.45) is 0 Å². The fourth-order valence-corrected chi connectivity index (χ4v) is 3.78.